The fourth-order valence-corrected chi connectivity index (χ4v) is 1.67. The molecule has 0 aromatic heterocycles. The number of nitrogens with one attached hydrogen (secondary N) is 2. The second-order valence-electron chi connectivity index (χ2n) is 3.50. The third-order valence-electron chi connectivity index (χ3n) is 2.26. The molecule has 0 saturated heterocycles. The van der Waals surface area contributed by atoms with Crippen molar-refractivity contribution in [3.8, 4) is 5.75 Å². The lowest BCUT2D eigenvalue weighted by Crippen LogP contribution is -2.40. The summed E-state index contributed by atoms with van der Waals surface area (Å²) in [6, 6.07) is 5.01. The second kappa shape index (κ2) is 5.86. The van der Waals surface area contributed by atoms with Gasteiger partial charge in [-0.2, -0.15) is 0 Å². The maximum absolute atomic E-state index is 11.2. The van der Waals surface area contributed by atoms with Crippen LogP contribution in [0.15, 0.2) is 22.7 Å². The molecule has 5 heteroatoms. The lowest BCUT2D eigenvalue weighted by Gasteiger charge is -2.12. The predicted octanol–water partition coefficient (Wildman–Crippen LogP) is 1.38. The van der Waals surface area contributed by atoms with Gasteiger partial charge in [-0.25, -0.2) is 0 Å². The number of phenols is 1. The second-order valence-corrected chi connectivity index (χ2v) is 4.36. The summed E-state index contributed by atoms with van der Waals surface area (Å²) in [5, 5.41) is 15.0. The van der Waals surface area contributed by atoms with Crippen LogP contribution in [0.25, 0.3) is 0 Å². The molecule has 0 radical (unpaired) electrons. The molecule has 0 aliphatic carbocycles. The number of benzene rings is 1. The highest BCUT2D eigenvalue weighted by atomic mass is 79.9. The quantitative estimate of drug-likeness (QED) is 0.784. The summed E-state index contributed by atoms with van der Waals surface area (Å²) in [6.45, 7) is 2.38. The van der Waals surface area contributed by atoms with Gasteiger partial charge in [-0.3, -0.25) is 4.79 Å². The van der Waals surface area contributed by atoms with Crippen molar-refractivity contribution in [2.24, 2.45) is 0 Å². The molecule has 0 fully saturated rings. The van der Waals surface area contributed by atoms with Crippen molar-refractivity contribution in [1.82, 2.24) is 10.6 Å². The molecule has 1 atom stereocenters. The third-order valence-corrected chi connectivity index (χ3v) is 2.90. The first-order chi connectivity index (χ1) is 7.54. The van der Waals surface area contributed by atoms with Crippen LogP contribution in [0.3, 0.4) is 0 Å². The molecule has 1 aromatic rings. The van der Waals surface area contributed by atoms with E-state index in [1.165, 1.54) is 0 Å². The third kappa shape index (κ3) is 3.50. The summed E-state index contributed by atoms with van der Waals surface area (Å²) in [5.41, 5.74) is 1.00. The molecule has 1 rings (SSSR count). The standard InChI is InChI=1S/C11H15BrN2O2/c1-7(11(16)13-2)14-6-8-3-4-10(15)9(12)5-8/h3-5,7,14-15H,6H2,1-2H3,(H,13,16). The van der Waals surface area contributed by atoms with Gasteiger partial charge in [0.1, 0.15) is 5.75 Å². The first-order valence-electron chi connectivity index (χ1n) is 4.97. The number of carbonyl (C=O) groups is 1. The highest BCUT2D eigenvalue weighted by Crippen LogP contribution is 2.24. The summed E-state index contributed by atoms with van der Waals surface area (Å²) in [4.78, 5) is 11.2. The van der Waals surface area contributed by atoms with E-state index >= 15 is 0 Å². The maximum atomic E-state index is 11.2. The van der Waals surface area contributed by atoms with Gasteiger partial charge in [0.25, 0.3) is 0 Å². The van der Waals surface area contributed by atoms with E-state index < -0.39 is 0 Å². The molecule has 4 nitrogen and oxygen atoms in total. The number of likely N-dealkylation sites (N-methyl/N-ethyl adjacent to an activating group) is 1. The van der Waals surface area contributed by atoms with Crippen LogP contribution in [-0.2, 0) is 11.3 Å². The number of halogens is 1. The number of carbonyl (C=O) groups excluding carboxylic acids is 1. The topological polar surface area (TPSA) is 61.4 Å². The molecular weight excluding hydrogens is 272 g/mol. The predicted molar refractivity (Wildman–Crippen MR) is 66.2 cm³/mol. The van der Waals surface area contributed by atoms with Gasteiger partial charge in [-0.15, -0.1) is 0 Å². The molecule has 0 spiro atoms. The van der Waals surface area contributed by atoms with E-state index in [9.17, 15) is 9.90 Å². The molecular formula is C11H15BrN2O2. The van der Waals surface area contributed by atoms with E-state index in [1.54, 1.807) is 20.0 Å². The highest BCUT2D eigenvalue weighted by molar-refractivity contribution is 9.10. The Balaban J connectivity index is 2.55. The highest BCUT2D eigenvalue weighted by Gasteiger charge is 2.09. The van der Waals surface area contributed by atoms with Crippen LogP contribution >= 0.6 is 15.9 Å². The minimum Gasteiger partial charge on any atom is -0.507 e. The molecule has 1 amide bonds. The Morgan fingerprint density at radius 3 is 2.81 bits per heavy atom. The molecule has 0 saturated carbocycles. The molecule has 0 heterocycles. The fraction of sp³-hybridized carbons (Fsp3) is 0.364. The first-order valence-corrected chi connectivity index (χ1v) is 5.76. The average molecular weight is 287 g/mol. The fourth-order valence-electron chi connectivity index (χ4n) is 1.24. The van der Waals surface area contributed by atoms with Crippen LogP contribution in [0.4, 0.5) is 0 Å². The Bertz CT molecular complexity index is 382. The van der Waals surface area contributed by atoms with E-state index in [-0.39, 0.29) is 17.7 Å². The lowest BCUT2D eigenvalue weighted by molar-refractivity contribution is -0.122. The van der Waals surface area contributed by atoms with Gasteiger partial charge >= 0.3 is 0 Å². The number of amides is 1. The van der Waals surface area contributed by atoms with Gasteiger partial charge in [0.05, 0.1) is 10.5 Å². The molecule has 0 bridgehead atoms. The van der Waals surface area contributed by atoms with Crippen molar-refractivity contribution in [2.45, 2.75) is 19.5 Å². The van der Waals surface area contributed by atoms with Gasteiger partial charge < -0.3 is 15.7 Å². The lowest BCUT2D eigenvalue weighted by atomic mass is 10.2. The molecule has 16 heavy (non-hydrogen) atoms. The first kappa shape index (κ1) is 13.0. The van der Waals surface area contributed by atoms with E-state index in [2.05, 4.69) is 26.6 Å². The van der Waals surface area contributed by atoms with Gasteiger partial charge in [0, 0.05) is 13.6 Å². The van der Waals surface area contributed by atoms with Crippen molar-refractivity contribution in [3.05, 3.63) is 28.2 Å². The normalized spacial score (nSPS) is 12.2. The monoisotopic (exact) mass is 286 g/mol. The Morgan fingerprint density at radius 1 is 1.56 bits per heavy atom. The zero-order chi connectivity index (χ0) is 12.1. The summed E-state index contributed by atoms with van der Waals surface area (Å²) in [5.74, 6) is 0.168. The minimum atomic E-state index is -0.238. The number of phenolic OH excluding ortho intramolecular Hbond substituents is 1. The smallest absolute Gasteiger partial charge is 0.236 e. The summed E-state index contributed by atoms with van der Waals surface area (Å²) in [7, 11) is 1.61. The molecule has 3 N–H and O–H groups in total. The van der Waals surface area contributed by atoms with Crippen molar-refractivity contribution < 1.29 is 9.90 Å². The zero-order valence-corrected chi connectivity index (χ0v) is 10.8. The SMILES string of the molecule is CNC(=O)C(C)NCc1ccc(O)c(Br)c1. The van der Waals surface area contributed by atoms with Crippen LogP contribution < -0.4 is 10.6 Å². The minimum absolute atomic E-state index is 0.0437. The number of rotatable bonds is 4. The van der Waals surface area contributed by atoms with Crippen LogP contribution in [0.5, 0.6) is 5.75 Å². The Morgan fingerprint density at radius 2 is 2.25 bits per heavy atom. The van der Waals surface area contributed by atoms with Crippen molar-refractivity contribution in [2.75, 3.05) is 7.05 Å². The Hall–Kier alpha value is -1.07. The molecule has 1 aromatic carbocycles. The number of hydrogen-bond donors (Lipinski definition) is 3. The Labute approximate surface area is 103 Å². The van der Waals surface area contributed by atoms with Crippen molar-refractivity contribution >= 4 is 21.8 Å². The van der Waals surface area contributed by atoms with E-state index in [1.807, 2.05) is 12.1 Å². The zero-order valence-electron chi connectivity index (χ0n) is 9.25. The Kier molecular flexibility index (Phi) is 4.76. The van der Waals surface area contributed by atoms with Crippen LogP contribution in [0.2, 0.25) is 0 Å². The number of aromatic hydroxyl groups is 1. The van der Waals surface area contributed by atoms with E-state index in [0.29, 0.717) is 11.0 Å². The van der Waals surface area contributed by atoms with E-state index in [4.69, 9.17) is 0 Å². The molecule has 0 aliphatic rings. The van der Waals surface area contributed by atoms with Crippen LogP contribution in [0.1, 0.15) is 12.5 Å². The summed E-state index contributed by atoms with van der Waals surface area (Å²) < 4.78 is 0.652. The summed E-state index contributed by atoms with van der Waals surface area (Å²) in [6.07, 6.45) is 0. The van der Waals surface area contributed by atoms with Gasteiger partial charge in [0.2, 0.25) is 5.91 Å². The van der Waals surface area contributed by atoms with Gasteiger partial charge in [-0.05, 0) is 40.5 Å². The molecule has 88 valence electrons. The molecule has 1 unspecified atom stereocenters. The average Bonchev–Trinajstić information content (AvgIpc) is 2.29. The van der Waals surface area contributed by atoms with Gasteiger partial charge in [0.15, 0.2) is 0 Å². The van der Waals surface area contributed by atoms with Crippen molar-refractivity contribution in [1.29, 1.82) is 0 Å². The largest absolute Gasteiger partial charge is 0.507 e. The van der Waals surface area contributed by atoms with Crippen molar-refractivity contribution in [3.63, 3.8) is 0 Å². The number of hydrogen-bond acceptors (Lipinski definition) is 3. The summed E-state index contributed by atoms with van der Waals surface area (Å²) >= 11 is 3.24. The van der Waals surface area contributed by atoms with Gasteiger partial charge in [-0.1, -0.05) is 6.07 Å². The van der Waals surface area contributed by atoms with Crippen LogP contribution in [0, 0.1) is 0 Å². The molecule has 0 aliphatic heterocycles. The van der Waals surface area contributed by atoms with E-state index in [0.717, 1.165) is 5.56 Å². The maximum Gasteiger partial charge on any atom is 0.236 e. The van der Waals surface area contributed by atoms with Crippen LogP contribution in [-0.4, -0.2) is 24.1 Å².